The lowest BCUT2D eigenvalue weighted by atomic mass is 9.99. The molecule has 0 bridgehead atoms. The fourth-order valence-electron chi connectivity index (χ4n) is 2.65. The lowest BCUT2D eigenvalue weighted by Crippen LogP contribution is -2.34. The molecule has 1 aliphatic heterocycles. The zero-order valence-corrected chi connectivity index (χ0v) is 13.0. The van der Waals surface area contributed by atoms with Crippen LogP contribution in [0.25, 0.3) is 0 Å². The number of thioether (sulfide) groups is 1. The van der Waals surface area contributed by atoms with Gasteiger partial charge in [-0.15, -0.1) is 11.8 Å². The van der Waals surface area contributed by atoms with Crippen LogP contribution in [0.4, 0.5) is 0 Å². The fraction of sp³-hybridized carbons (Fsp3) is 0.294. The molecule has 0 radical (unpaired) electrons. The number of aryl methyl sites for hydroxylation is 1. The van der Waals surface area contributed by atoms with Crippen LogP contribution in [0.3, 0.4) is 0 Å². The molecule has 2 unspecified atom stereocenters. The van der Waals surface area contributed by atoms with Crippen LogP contribution in [-0.2, 0) is 12.8 Å². The summed E-state index contributed by atoms with van der Waals surface area (Å²) in [4.78, 5) is 1.38. The highest BCUT2D eigenvalue weighted by molar-refractivity contribution is 8.00. The van der Waals surface area contributed by atoms with Crippen LogP contribution >= 0.6 is 23.4 Å². The van der Waals surface area contributed by atoms with Crippen molar-refractivity contribution in [2.45, 2.75) is 36.0 Å². The largest absolute Gasteiger partial charge is 0.326 e. The summed E-state index contributed by atoms with van der Waals surface area (Å²) in [6.45, 7) is 2.05. The van der Waals surface area contributed by atoms with Crippen LogP contribution in [-0.4, -0.2) is 11.3 Å². The van der Waals surface area contributed by atoms with Crippen LogP contribution in [0, 0.1) is 6.92 Å². The Balaban J connectivity index is 1.70. The Morgan fingerprint density at radius 2 is 2.10 bits per heavy atom. The van der Waals surface area contributed by atoms with Gasteiger partial charge in [0.25, 0.3) is 0 Å². The van der Waals surface area contributed by atoms with Crippen LogP contribution in [0.2, 0.25) is 5.02 Å². The van der Waals surface area contributed by atoms with Gasteiger partial charge in [-0.1, -0.05) is 41.9 Å². The Hall–Kier alpha value is -0.960. The van der Waals surface area contributed by atoms with Gasteiger partial charge in [0, 0.05) is 21.2 Å². The van der Waals surface area contributed by atoms with Crippen molar-refractivity contribution in [1.29, 1.82) is 0 Å². The van der Waals surface area contributed by atoms with E-state index in [2.05, 4.69) is 43.3 Å². The molecule has 2 aromatic rings. The van der Waals surface area contributed by atoms with E-state index in [1.54, 1.807) is 0 Å². The topological polar surface area (TPSA) is 26.0 Å². The molecule has 0 aromatic heterocycles. The lowest BCUT2D eigenvalue weighted by Gasteiger charge is -2.19. The van der Waals surface area contributed by atoms with E-state index in [9.17, 15) is 0 Å². The Morgan fingerprint density at radius 3 is 2.85 bits per heavy atom. The molecule has 0 spiro atoms. The average molecular weight is 304 g/mol. The van der Waals surface area contributed by atoms with E-state index in [1.807, 2.05) is 17.8 Å². The van der Waals surface area contributed by atoms with E-state index >= 15 is 0 Å². The minimum atomic E-state index is 0.132. The van der Waals surface area contributed by atoms with Crippen LogP contribution in [0.1, 0.15) is 16.7 Å². The maximum atomic E-state index is 6.42. The molecule has 3 rings (SSSR count). The quantitative estimate of drug-likeness (QED) is 0.918. The molecule has 0 saturated heterocycles. The van der Waals surface area contributed by atoms with Gasteiger partial charge in [0.1, 0.15) is 0 Å². The maximum absolute atomic E-state index is 6.42. The van der Waals surface area contributed by atoms with Crippen molar-refractivity contribution in [2.24, 2.45) is 5.73 Å². The molecule has 2 aromatic carbocycles. The highest BCUT2D eigenvalue weighted by atomic mass is 35.5. The molecule has 0 aliphatic carbocycles. The first-order valence-electron chi connectivity index (χ1n) is 6.88. The highest BCUT2D eigenvalue weighted by Gasteiger charge is 2.27. The van der Waals surface area contributed by atoms with Crippen molar-refractivity contribution in [1.82, 2.24) is 0 Å². The second-order valence-electron chi connectivity index (χ2n) is 5.43. The normalized spacial score (nSPS) is 18.9. The second-order valence-corrected chi connectivity index (χ2v) is 7.12. The van der Waals surface area contributed by atoms with E-state index in [-0.39, 0.29) is 6.04 Å². The molecule has 3 heteroatoms. The molecular weight excluding hydrogens is 286 g/mol. The third-order valence-electron chi connectivity index (χ3n) is 3.81. The molecule has 0 saturated carbocycles. The zero-order chi connectivity index (χ0) is 14.1. The van der Waals surface area contributed by atoms with E-state index in [1.165, 1.54) is 16.0 Å². The van der Waals surface area contributed by atoms with Crippen LogP contribution < -0.4 is 5.73 Å². The monoisotopic (exact) mass is 303 g/mol. The van der Waals surface area contributed by atoms with Gasteiger partial charge in [0.2, 0.25) is 0 Å². The third kappa shape index (κ3) is 2.88. The standard InChI is InChI=1S/C17H18ClNS/c1-11-6-7-12(14(18)8-11)9-15(19)17-10-13-4-2-3-5-16(13)20-17/h2-8,15,17H,9-10,19H2,1H3. The molecule has 1 nitrogen and oxygen atoms in total. The summed E-state index contributed by atoms with van der Waals surface area (Å²) in [6.07, 6.45) is 1.90. The number of nitrogens with two attached hydrogens (primary N) is 1. The number of fused-ring (bicyclic) bond motifs is 1. The van der Waals surface area contributed by atoms with Crippen molar-refractivity contribution in [3.8, 4) is 0 Å². The van der Waals surface area contributed by atoms with Crippen molar-refractivity contribution < 1.29 is 0 Å². The number of benzene rings is 2. The van der Waals surface area contributed by atoms with Crippen LogP contribution in [0.5, 0.6) is 0 Å². The van der Waals surface area contributed by atoms with Gasteiger partial charge < -0.3 is 5.73 Å². The molecule has 0 fully saturated rings. The summed E-state index contributed by atoms with van der Waals surface area (Å²) in [5.74, 6) is 0. The van der Waals surface area contributed by atoms with Crippen molar-refractivity contribution in [3.05, 3.63) is 64.2 Å². The molecule has 0 amide bonds. The van der Waals surface area contributed by atoms with Gasteiger partial charge in [-0.25, -0.2) is 0 Å². The number of hydrogen-bond donors (Lipinski definition) is 1. The first-order chi connectivity index (χ1) is 9.63. The number of rotatable bonds is 3. The van der Waals surface area contributed by atoms with E-state index < -0.39 is 0 Å². The third-order valence-corrected chi connectivity index (χ3v) is 5.64. The second kappa shape index (κ2) is 5.80. The van der Waals surface area contributed by atoms with Gasteiger partial charge in [-0.3, -0.25) is 0 Å². The van der Waals surface area contributed by atoms with Gasteiger partial charge in [0.15, 0.2) is 0 Å². The van der Waals surface area contributed by atoms with Crippen molar-refractivity contribution >= 4 is 23.4 Å². The van der Waals surface area contributed by atoms with Crippen molar-refractivity contribution in [3.63, 3.8) is 0 Å². The lowest BCUT2D eigenvalue weighted by molar-refractivity contribution is 0.632. The van der Waals surface area contributed by atoms with Gasteiger partial charge in [0.05, 0.1) is 0 Å². The Morgan fingerprint density at radius 1 is 1.30 bits per heavy atom. The summed E-state index contributed by atoms with van der Waals surface area (Å²) >= 11 is 8.21. The molecule has 1 heterocycles. The summed E-state index contributed by atoms with van der Waals surface area (Å²) in [5.41, 5.74) is 10.2. The van der Waals surface area contributed by atoms with Crippen molar-refractivity contribution in [2.75, 3.05) is 0 Å². The molecule has 104 valence electrons. The van der Waals surface area contributed by atoms with E-state index in [0.29, 0.717) is 5.25 Å². The SMILES string of the molecule is Cc1ccc(CC(N)C2Cc3ccccc3S2)c(Cl)c1. The summed E-state index contributed by atoms with van der Waals surface area (Å²) in [6, 6.07) is 14.9. The number of hydrogen-bond acceptors (Lipinski definition) is 2. The smallest absolute Gasteiger partial charge is 0.0441 e. The predicted octanol–water partition coefficient (Wildman–Crippen LogP) is 4.24. The van der Waals surface area contributed by atoms with Gasteiger partial charge >= 0.3 is 0 Å². The molecule has 2 atom stereocenters. The fourth-order valence-corrected chi connectivity index (χ4v) is 4.28. The first kappa shape index (κ1) is 14.0. The predicted molar refractivity (Wildman–Crippen MR) is 87.7 cm³/mol. The van der Waals surface area contributed by atoms with E-state index in [0.717, 1.165) is 23.4 Å². The maximum Gasteiger partial charge on any atom is 0.0441 e. The molecular formula is C17H18ClNS. The number of halogens is 1. The Kier molecular flexibility index (Phi) is 4.06. The molecule has 1 aliphatic rings. The highest BCUT2D eigenvalue weighted by Crippen LogP contribution is 2.38. The van der Waals surface area contributed by atoms with Gasteiger partial charge in [-0.2, -0.15) is 0 Å². The van der Waals surface area contributed by atoms with Crippen LogP contribution in [0.15, 0.2) is 47.4 Å². The Labute approximate surface area is 129 Å². The first-order valence-corrected chi connectivity index (χ1v) is 8.14. The average Bonchev–Trinajstić information content (AvgIpc) is 2.86. The zero-order valence-electron chi connectivity index (χ0n) is 11.5. The minimum absolute atomic E-state index is 0.132. The van der Waals surface area contributed by atoms with Gasteiger partial charge in [-0.05, 0) is 48.6 Å². The Bertz CT molecular complexity index is 601. The minimum Gasteiger partial charge on any atom is -0.326 e. The molecule has 2 N–H and O–H groups in total. The summed E-state index contributed by atoms with van der Waals surface area (Å²) in [5, 5.41) is 1.28. The summed E-state index contributed by atoms with van der Waals surface area (Å²) < 4.78 is 0. The summed E-state index contributed by atoms with van der Waals surface area (Å²) in [7, 11) is 0. The molecule has 20 heavy (non-hydrogen) atoms. The van der Waals surface area contributed by atoms with E-state index in [4.69, 9.17) is 17.3 Å².